The highest BCUT2D eigenvalue weighted by molar-refractivity contribution is 6.11. The molecule has 1 aromatic heterocycles. The second-order valence-electron chi connectivity index (χ2n) is 11.3. The number of unbranched alkanes of at least 4 members (excludes halogenated alkanes) is 1. The van der Waals surface area contributed by atoms with Crippen LogP contribution in [0.4, 0.5) is 11.4 Å². The summed E-state index contributed by atoms with van der Waals surface area (Å²) in [7, 11) is 0. The van der Waals surface area contributed by atoms with Crippen molar-refractivity contribution in [3.05, 3.63) is 120 Å². The molecule has 0 radical (unpaired) electrons. The number of aromatic nitrogens is 1. The van der Waals surface area contributed by atoms with Gasteiger partial charge in [0.1, 0.15) is 0 Å². The van der Waals surface area contributed by atoms with E-state index in [1.807, 2.05) is 96.0 Å². The molecule has 1 aliphatic heterocycles. The Labute approximate surface area is 252 Å². The number of ketones is 1. The van der Waals surface area contributed by atoms with Crippen LogP contribution in [0.5, 0.6) is 0 Å². The molecule has 43 heavy (non-hydrogen) atoms. The maximum atomic E-state index is 14.0. The Balaban J connectivity index is 1.23. The van der Waals surface area contributed by atoms with Gasteiger partial charge in [0.05, 0.1) is 18.0 Å². The lowest BCUT2D eigenvalue weighted by molar-refractivity contribution is 0.0959. The minimum atomic E-state index is -0.0978. The lowest BCUT2D eigenvalue weighted by Gasteiger charge is -2.23. The second kappa shape index (κ2) is 13.1. The van der Waals surface area contributed by atoms with Crippen LogP contribution < -0.4 is 10.2 Å². The number of amides is 1. The van der Waals surface area contributed by atoms with E-state index in [-0.39, 0.29) is 17.7 Å². The van der Waals surface area contributed by atoms with Gasteiger partial charge in [0, 0.05) is 48.5 Å². The van der Waals surface area contributed by atoms with Gasteiger partial charge >= 0.3 is 0 Å². The minimum absolute atomic E-state index is 0.0356. The van der Waals surface area contributed by atoms with Gasteiger partial charge in [-0.15, -0.1) is 0 Å². The first-order valence-corrected chi connectivity index (χ1v) is 15.1. The van der Waals surface area contributed by atoms with E-state index in [1.165, 1.54) is 0 Å². The van der Waals surface area contributed by atoms with Crippen LogP contribution in [0.3, 0.4) is 0 Å². The van der Waals surface area contributed by atoms with Crippen LogP contribution in [0, 0.1) is 0 Å². The number of fused-ring (bicyclic) bond motifs is 2. The number of Topliss-reactive ketones (excluding diaryl/α,β-unsaturated/α-hetero) is 1. The molecule has 0 saturated carbocycles. The van der Waals surface area contributed by atoms with Crippen LogP contribution in [-0.2, 0) is 11.3 Å². The number of nitrogens with one attached hydrogen (secondary N) is 2. The SMILES string of the molecule is C[C@H]1CCN(C(=O)c2ccc(-c3ccc4[nH]ccc4c3)c(C(=O)CCCCOCc3ccccc3)c2)c2ccccc2N1. The fourth-order valence-electron chi connectivity index (χ4n) is 5.75. The molecule has 2 heterocycles. The topological polar surface area (TPSA) is 74.4 Å². The Bertz CT molecular complexity index is 1730. The van der Waals surface area contributed by atoms with Crippen molar-refractivity contribution in [1.29, 1.82) is 0 Å². The maximum absolute atomic E-state index is 14.0. The normalized spacial score (nSPS) is 14.6. The van der Waals surface area contributed by atoms with Crippen molar-refractivity contribution in [1.82, 2.24) is 4.98 Å². The number of nitrogens with zero attached hydrogens (tertiary/aromatic N) is 1. The van der Waals surface area contributed by atoms with Crippen molar-refractivity contribution in [3.63, 3.8) is 0 Å². The summed E-state index contributed by atoms with van der Waals surface area (Å²) in [5.74, 6) is -0.0622. The first kappa shape index (κ1) is 28.4. The van der Waals surface area contributed by atoms with E-state index in [2.05, 4.69) is 23.3 Å². The van der Waals surface area contributed by atoms with Crippen molar-refractivity contribution in [2.45, 2.75) is 45.3 Å². The number of carbonyl (C=O) groups excluding carboxylic acids is 2. The van der Waals surface area contributed by atoms with Crippen molar-refractivity contribution in [3.8, 4) is 11.1 Å². The van der Waals surface area contributed by atoms with E-state index in [0.717, 1.165) is 51.8 Å². The van der Waals surface area contributed by atoms with Gasteiger partial charge in [-0.1, -0.05) is 54.6 Å². The molecule has 218 valence electrons. The summed E-state index contributed by atoms with van der Waals surface area (Å²) in [4.78, 5) is 32.8. The third kappa shape index (κ3) is 6.55. The van der Waals surface area contributed by atoms with Gasteiger partial charge in [0.2, 0.25) is 0 Å². The lowest BCUT2D eigenvalue weighted by Crippen LogP contribution is -2.32. The van der Waals surface area contributed by atoms with E-state index in [4.69, 9.17) is 4.74 Å². The van der Waals surface area contributed by atoms with Crippen LogP contribution in [0.15, 0.2) is 103 Å². The summed E-state index contributed by atoms with van der Waals surface area (Å²) in [5, 5.41) is 4.60. The number of aromatic amines is 1. The fourth-order valence-corrected chi connectivity index (χ4v) is 5.75. The summed E-state index contributed by atoms with van der Waals surface area (Å²) in [6.45, 7) is 3.89. The summed E-state index contributed by atoms with van der Waals surface area (Å²) in [6.07, 6.45) is 4.63. The average Bonchev–Trinajstić information content (AvgIpc) is 3.44. The number of anilines is 2. The van der Waals surface area contributed by atoms with Gasteiger partial charge in [-0.2, -0.15) is 0 Å². The van der Waals surface area contributed by atoms with Crippen molar-refractivity contribution >= 4 is 34.0 Å². The number of H-pyrrole nitrogens is 1. The molecule has 1 amide bonds. The van der Waals surface area contributed by atoms with E-state index < -0.39 is 0 Å². The summed E-state index contributed by atoms with van der Waals surface area (Å²) in [5.41, 5.74) is 6.90. The Hall–Kier alpha value is -4.68. The van der Waals surface area contributed by atoms with Crippen molar-refractivity contribution in [2.75, 3.05) is 23.4 Å². The van der Waals surface area contributed by atoms with Gasteiger partial charge in [0.15, 0.2) is 5.78 Å². The number of carbonyl (C=O) groups is 2. The van der Waals surface area contributed by atoms with E-state index in [1.54, 1.807) is 6.07 Å². The third-order valence-electron chi connectivity index (χ3n) is 8.11. The first-order chi connectivity index (χ1) is 21.1. The zero-order valence-corrected chi connectivity index (χ0v) is 24.5. The molecule has 0 aliphatic carbocycles. The van der Waals surface area contributed by atoms with Crippen molar-refractivity contribution < 1.29 is 14.3 Å². The van der Waals surface area contributed by atoms with Gasteiger partial charge < -0.3 is 19.9 Å². The first-order valence-electron chi connectivity index (χ1n) is 15.1. The second-order valence-corrected chi connectivity index (χ2v) is 11.3. The van der Waals surface area contributed by atoms with Crippen LogP contribution in [0.25, 0.3) is 22.0 Å². The molecule has 0 saturated heterocycles. The number of para-hydroxylation sites is 2. The Morgan fingerprint density at radius 2 is 1.74 bits per heavy atom. The van der Waals surface area contributed by atoms with E-state index >= 15 is 0 Å². The van der Waals surface area contributed by atoms with Gasteiger partial charge in [-0.05, 0) is 90.7 Å². The molecule has 6 rings (SSSR count). The Kier molecular flexibility index (Phi) is 8.66. The third-order valence-corrected chi connectivity index (χ3v) is 8.11. The highest BCUT2D eigenvalue weighted by Crippen LogP contribution is 2.33. The standard InChI is InChI=1S/C37H37N3O3/c1-26-19-21-40(35-12-6-5-11-34(35)39-26)37(42)30-14-16-31(28-15-17-33-29(23-28)18-20-38-33)32(24-30)36(41)13-7-8-22-43-25-27-9-3-2-4-10-27/h2-6,9-12,14-18,20,23-24,26,38-39H,7-8,13,19,21-22,25H2,1H3/t26-/m0/s1. The summed E-state index contributed by atoms with van der Waals surface area (Å²) >= 11 is 0. The molecule has 5 aromatic rings. The molecular formula is C37H37N3O3. The molecule has 1 atom stereocenters. The minimum Gasteiger partial charge on any atom is -0.381 e. The van der Waals surface area contributed by atoms with Crippen LogP contribution in [0.1, 0.15) is 58.9 Å². The van der Waals surface area contributed by atoms with Gasteiger partial charge in [0.25, 0.3) is 5.91 Å². The molecule has 6 nitrogen and oxygen atoms in total. The lowest BCUT2D eigenvalue weighted by atomic mass is 9.92. The zero-order valence-electron chi connectivity index (χ0n) is 24.5. The molecule has 0 spiro atoms. The summed E-state index contributed by atoms with van der Waals surface area (Å²) < 4.78 is 5.83. The molecule has 4 aromatic carbocycles. The monoisotopic (exact) mass is 571 g/mol. The van der Waals surface area contributed by atoms with Crippen molar-refractivity contribution in [2.24, 2.45) is 0 Å². The zero-order chi connectivity index (χ0) is 29.6. The molecule has 6 heteroatoms. The largest absolute Gasteiger partial charge is 0.381 e. The van der Waals surface area contributed by atoms with Crippen LogP contribution >= 0.6 is 0 Å². The molecular weight excluding hydrogens is 534 g/mol. The quantitative estimate of drug-likeness (QED) is 0.131. The molecule has 0 unspecified atom stereocenters. The Morgan fingerprint density at radius 1 is 0.907 bits per heavy atom. The molecule has 2 N–H and O–H groups in total. The maximum Gasteiger partial charge on any atom is 0.258 e. The molecule has 0 fully saturated rings. The van der Waals surface area contributed by atoms with Crippen LogP contribution in [0.2, 0.25) is 0 Å². The highest BCUT2D eigenvalue weighted by Gasteiger charge is 2.26. The molecule has 1 aliphatic rings. The van der Waals surface area contributed by atoms with Crippen LogP contribution in [-0.4, -0.2) is 35.9 Å². The smallest absolute Gasteiger partial charge is 0.258 e. The Morgan fingerprint density at radius 3 is 2.63 bits per heavy atom. The van der Waals surface area contributed by atoms with E-state index in [9.17, 15) is 9.59 Å². The number of hydrogen-bond donors (Lipinski definition) is 2. The number of hydrogen-bond acceptors (Lipinski definition) is 4. The highest BCUT2D eigenvalue weighted by atomic mass is 16.5. The predicted molar refractivity (Wildman–Crippen MR) is 174 cm³/mol. The number of benzene rings is 4. The predicted octanol–water partition coefficient (Wildman–Crippen LogP) is 8.26. The van der Waals surface area contributed by atoms with E-state index in [0.29, 0.717) is 43.7 Å². The summed E-state index contributed by atoms with van der Waals surface area (Å²) in [6, 6.07) is 32.0. The van der Waals surface area contributed by atoms with Gasteiger partial charge in [-0.3, -0.25) is 9.59 Å². The molecule has 0 bridgehead atoms. The number of rotatable bonds is 10. The number of ether oxygens (including phenoxy) is 1. The average molecular weight is 572 g/mol. The fraction of sp³-hybridized carbons (Fsp3) is 0.243. The van der Waals surface area contributed by atoms with Gasteiger partial charge in [-0.25, -0.2) is 0 Å².